The Balaban J connectivity index is 2.30. The molecule has 0 heterocycles. The smallest absolute Gasteiger partial charge is 0.238 e. The van der Waals surface area contributed by atoms with Crippen molar-refractivity contribution in [3.63, 3.8) is 0 Å². The summed E-state index contributed by atoms with van der Waals surface area (Å²) in [6.07, 6.45) is 0. The van der Waals surface area contributed by atoms with Crippen LogP contribution in [-0.4, -0.2) is 8.42 Å². The Labute approximate surface area is 113 Å². The summed E-state index contributed by atoms with van der Waals surface area (Å²) in [4.78, 5) is 0.126. The summed E-state index contributed by atoms with van der Waals surface area (Å²) in [5.41, 5.74) is 8.52. The third-order valence-electron chi connectivity index (χ3n) is 3.15. The van der Waals surface area contributed by atoms with Gasteiger partial charge in [0.2, 0.25) is 10.0 Å². The first kappa shape index (κ1) is 13.6. The van der Waals surface area contributed by atoms with Crippen molar-refractivity contribution in [3.8, 4) is 0 Å². The molecule has 0 aromatic heterocycles. The lowest BCUT2D eigenvalue weighted by Gasteiger charge is -2.13. The molecule has 0 fully saturated rings. The van der Waals surface area contributed by atoms with Crippen molar-refractivity contribution in [1.29, 1.82) is 0 Å². The van der Waals surface area contributed by atoms with Gasteiger partial charge in [-0.25, -0.2) is 13.6 Å². The number of nitrogen functional groups attached to an aromatic ring is 1. The molecule has 1 unspecified atom stereocenters. The summed E-state index contributed by atoms with van der Waals surface area (Å²) in [5.74, 6) is 0.162. The van der Waals surface area contributed by atoms with Gasteiger partial charge < -0.3 is 5.73 Å². The molecular formula is C14H16N2O2S. The Bertz CT molecular complexity index is 662. The van der Waals surface area contributed by atoms with Crippen molar-refractivity contribution in [2.45, 2.75) is 17.7 Å². The van der Waals surface area contributed by atoms with E-state index >= 15 is 0 Å². The largest absolute Gasteiger partial charge is 0.399 e. The first-order valence-electron chi connectivity index (χ1n) is 5.86. The molecule has 0 aliphatic heterocycles. The van der Waals surface area contributed by atoms with Crippen LogP contribution < -0.4 is 10.9 Å². The number of hydrogen-bond acceptors (Lipinski definition) is 3. The van der Waals surface area contributed by atoms with Crippen LogP contribution in [-0.2, 0) is 10.0 Å². The molecular weight excluding hydrogens is 260 g/mol. The Hall–Kier alpha value is -1.85. The monoisotopic (exact) mass is 276 g/mol. The lowest BCUT2D eigenvalue weighted by molar-refractivity contribution is 0.597. The van der Waals surface area contributed by atoms with Crippen LogP contribution in [0.25, 0.3) is 0 Å². The molecule has 0 saturated carbocycles. The molecule has 0 spiro atoms. The summed E-state index contributed by atoms with van der Waals surface area (Å²) >= 11 is 0. The number of hydrogen-bond donors (Lipinski definition) is 2. The van der Waals surface area contributed by atoms with E-state index in [2.05, 4.69) is 6.92 Å². The second-order valence-electron chi connectivity index (χ2n) is 4.50. The normalized spacial score (nSPS) is 13.2. The molecule has 0 bridgehead atoms. The minimum atomic E-state index is -3.63. The summed E-state index contributed by atoms with van der Waals surface area (Å²) < 4.78 is 22.4. The highest BCUT2D eigenvalue weighted by Gasteiger charge is 2.11. The number of anilines is 1. The summed E-state index contributed by atoms with van der Waals surface area (Å²) in [7, 11) is -3.63. The number of sulfonamides is 1. The zero-order valence-electron chi connectivity index (χ0n) is 10.6. The van der Waals surface area contributed by atoms with Gasteiger partial charge in [0.15, 0.2) is 0 Å². The van der Waals surface area contributed by atoms with E-state index in [1.807, 2.05) is 24.3 Å². The second-order valence-corrected chi connectivity index (χ2v) is 6.06. The molecule has 2 aromatic rings. The maximum Gasteiger partial charge on any atom is 0.238 e. The molecule has 1 atom stereocenters. The molecule has 0 aliphatic rings. The lowest BCUT2D eigenvalue weighted by atomic mass is 9.93. The van der Waals surface area contributed by atoms with Gasteiger partial charge in [-0.15, -0.1) is 0 Å². The van der Waals surface area contributed by atoms with Crippen LogP contribution in [0.5, 0.6) is 0 Å². The summed E-state index contributed by atoms with van der Waals surface area (Å²) in [6.45, 7) is 2.05. The van der Waals surface area contributed by atoms with E-state index in [9.17, 15) is 8.42 Å². The van der Waals surface area contributed by atoms with Gasteiger partial charge in [0.05, 0.1) is 4.90 Å². The van der Waals surface area contributed by atoms with Crippen molar-refractivity contribution in [2.24, 2.45) is 5.14 Å². The molecule has 100 valence electrons. The Morgan fingerprint density at radius 2 is 1.32 bits per heavy atom. The zero-order valence-corrected chi connectivity index (χ0v) is 11.4. The van der Waals surface area contributed by atoms with E-state index in [1.54, 1.807) is 12.1 Å². The van der Waals surface area contributed by atoms with Crippen LogP contribution >= 0.6 is 0 Å². The molecule has 2 rings (SSSR count). The fourth-order valence-electron chi connectivity index (χ4n) is 1.92. The van der Waals surface area contributed by atoms with E-state index in [0.717, 1.165) is 16.8 Å². The van der Waals surface area contributed by atoms with Crippen LogP contribution in [0.15, 0.2) is 53.4 Å². The van der Waals surface area contributed by atoms with E-state index in [-0.39, 0.29) is 10.8 Å². The highest BCUT2D eigenvalue weighted by molar-refractivity contribution is 7.89. The van der Waals surface area contributed by atoms with E-state index in [0.29, 0.717) is 0 Å². The van der Waals surface area contributed by atoms with Crippen LogP contribution in [0.2, 0.25) is 0 Å². The molecule has 4 nitrogen and oxygen atoms in total. The second kappa shape index (κ2) is 5.03. The van der Waals surface area contributed by atoms with Gasteiger partial charge in [-0.2, -0.15) is 0 Å². The van der Waals surface area contributed by atoms with E-state index < -0.39 is 10.0 Å². The molecule has 0 saturated heterocycles. The zero-order chi connectivity index (χ0) is 14.0. The SMILES string of the molecule is CC(c1ccc(N)cc1)c1ccc(S(N)(=O)=O)cc1. The minimum Gasteiger partial charge on any atom is -0.399 e. The van der Waals surface area contributed by atoms with Crippen molar-refractivity contribution >= 4 is 15.7 Å². The topological polar surface area (TPSA) is 86.2 Å². The number of nitrogens with two attached hydrogens (primary N) is 2. The number of primary sulfonamides is 1. The first-order valence-corrected chi connectivity index (χ1v) is 7.41. The molecule has 0 amide bonds. The van der Waals surface area contributed by atoms with Crippen LogP contribution in [0, 0.1) is 0 Å². The number of rotatable bonds is 3. The standard InChI is InChI=1S/C14H16N2O2S/c1-10(11-2-6-13(15)7-3-11)12-4-8-14(9-5-12)19(16,17)18/h2-10H,15H2,1H3,(H2,16,17,18). The first-order chi connectivity index (χ1) is 8.88. The van der Waals surface area contributed by atoms with Crippen molar-refractivity contribution in [3.05, 3.63) is 59.7 Å². The molecule has 2 aromatic carbocycles. The lowest BCUT2D eigenvalue weighted by Crippen LogP contribution is -2.12. The van der Waals surface area contributed by atoms with Crippen molar-refractivity contribution < 1.29 is 8.42 Å². The van der Waals surface area contributed by atoms with Gasteiger partial charge >= 0.3 is 0 Å². The minimum absolute atomic E-state index is 0.126. The third kappa shape index (κ3) is 3.13. The van der Waals surface area contributed by atoms with Gasteiger partial charge in [0.1, 0.15) is 0 Å². The van der Waals surface area contributed by atoms with Crippen LogP contribution in [0.4, 0.5) is 5.69 Å². The van der Waals surface area contributed by atoms with Crippen LogP contribution in [0.1, 0.15) is 24.0 Å². The maximum absolute atomic E-state index is 11.2. The molecule has 19 heavy (non-hydrogen) atoms. The van der Waals surface area contributed by atoms with Gasteiger partial charge in [-0.1, -0.05) is 31.2 Å². The summed E-state index contributed by atoms with van der Waals surface area (Å²) in [5, 5.41) is 5.07. The Kier molecular flexibility index (Phi) is 3.59. The van der Waals surface area contributed by atoms with Gasteiger partial charge in [0, 0.05) is 11.6 Å². The predicted molar refractivity (Wildman–Crippen MR) is 76.2 cm³/mol. The van der Waals surface area contributed by atoms with Crippen molar-refractivity contribution in [1.82, 2.24) is 0 Å². The Morgan fingerprint density at radius 3 is 1.74 bits per heavy atom. The molecule has 0 aliphatic carbocycles. The third-order valence-corrected chi connectivity index (χ3v) is 4.07. The average Bonchev–Trinajstić information content (AvgIpc) is 2.38. The molecule has 0 radical (unpaired) electrons. The highest BCUT2D eigenvalue weighted by Crippen LogP contribution is 2.25. The summed E-state index contributed by atoms with van der Waals surface area (Å²) in [6, 6.07) is 14.2. The van der Waals surface area contributed by atoms with Gasteiger partial charge in [-0.05, 0) is 35.4 Å². The highest BCUT2D eigenvalue weighted by atomic mass is 32.2. The maximum atomic E-state index is 11.2. The quantitative estimate of drug-likeness (QED) is 0.841. The fraction of sp³-hybridized carbons (Fsp3) is 0.143. The molecule has 4 N–H and O–H groups in total. The van der Waals surface area contributed by atoms with Gasteiger partial charge in [0.25, 0.3) is 0 Å². The average molecular weight is 276 g/mol. The number of benzene rings is 2. The van der Waals surface area contributed by atoms with E-state index in [1.165, 1.54) is 12.1 Å². The van der Waals surface area contributed by atoms with E-state index in [4.69, 9.17) is 10.9 Å². The molecule has 5 heteroatoms. The van der Waals surface area contributed by atoms with Crippen LogP contribution in [0.3, 0.4) is 0 Å². The fourth-order valence-corrected chi connectivity index (χ4v) is 2.44. The predicted octanol–water partition coefficient (Wildman–Crippen LogP) is 2.07. The van der Waals surface area contributed by atoms with Gasteiger partial charge in [-0.3, -0.25) is 0 Å². The van der Waals surface area contributed by atoms with Crippen molar-refractivity contribution in [2.75, 3.05) is 5.73 Å². The Morgan fingerprint density at radius 1 is 0.895 bits per heavy atom.